The van der Waals surface area contributed by atoms with Gasteiger partial charge < -0.3 is 5.11 Å². The maximum atomic E-state index is 11.5. The lowest BCUT2D eigenvalue weighted by Gasteiger charge is -2.06. The number of hydrogen-bond acceptors (Lipinski definition) is 2. The molecule has 2 heterocycles. The van der Waals surface area contributed by atoms with Crippen molar-refractivity contribution in [1.82, 2.24) is 9.55 Å². The predicted octanol–water partition coefficient (Wildman–Crippen LogP) is 4.77. The van der Waals surface area contributed by atoms with Crippen molar-refractivity contribution in [2.45, 2.75) is 13.3 Å². The maximum absolute atomic E-state index is 11.5. The van der Waals surface area contributed by atoms with Crippen LogP contribution < -0.4 is 0 Å². The molecule has 6 heteroatoms. The molecule has 0 atom stereocenters. The standard InChI is InChI=1S/C16H12Cl2N2O2/c1-9-12(7-10-4-5-11(17)8-13(10)18)15-14(3-2-6-19-15)20(9)16(21)22/h2-6,8H,7H2,1H3,(H,21,22). The van der Waals surface area contributed by atoms with E-state index in [4.69, 9.17) is 23.2 Å². The van der Waals surface area contributed by atoms with E-state index < -0.39 is 6.09 Å². The van der Waals surface area contributed by atoms with Crippen LogP contribution in [-0.4, -0.2) is 20.8 Å². The Kier molecular flexibility index (Phi) is 3.81. The maximum Gasteiger partial charge on any atom is 0.416 e. The summed E-state index contributed by atoms with van der Waals surface area (Å²) in [7, 11) is 0. The van der Waals surface area contributed by atoms with Crippen molar-refractivity contribution in [2.75, 3.05) is 0 Å². The molecule has 1 N–H and O–H groups in total. The first kappa shape index (κ1) is 14.9. The van der Waals surface area contributed by atoms with Crippen LogP contribution in [0.4, 0.5) is 4.79 Å². The van der Waals surface area contributed by atoms with E-state index in [0.29, 0.717) is 33.2 Å². The second-order valence-corrected chi connectivity index (χ2v) is 5.81. The van der Waals surface area contributed by atoms with Gasteiger partial charge in [-0.1, -0.05) is 29.3 Å². The van der Waals surface area contributed by atoms with Crippen molar-refractivity contribution in [3.8, 4) is 0 Å². The lowest BCUT2D eigenvalue weighted by atomic mass is 10.0. The van der Waals surface area contributed by atoms with Gasteiger partial charge in [-0.25, -0.2) is 9.36 Å². The fourth-order valence-electron chi connectivity index (χ4n) is 2.61. The van der Waals surface area contributed by atoms with Crippen molar-refractivity contribution in [2.24, 2.45) is 0 Å². The summed E-state index contributed by atoms with van der Waals surface area (Å²) in [5.41, 5.74) is 3.62. The highest BCUT2D eigenvalue weighted by molar-refractivity contribution is 6.35. The topological polar surface area (TPSA) is 55.1 Å². The molecule has 0 saturated heterocycles. The molecule has 3 aromatic rings. The van der Waals surface area contributed by atoms with Crippen LogP contribution in [0, 0.1) is 6.92 Å². The number of benzene rings is 1. The van der Waals surface area contributed by atoms with E-state index >= 15 is 0 Å². The zero-order valence-corrected chi connectivity index (χ0v) is 13.2. The van der Waals surface area contributed by atoms with Crippen molar-refractivity contribution in [1.29, 1.82) is 0 Å². The van der Waals surface area contributed by atoms with Crippen molar-refractivity contribution in [3.05, 3.63) is 63.4 Å². The highest BCUT2D eigenvalue weighted by Gasteiger charge is 2.19. The number of pyridine rings is 1. The van der Waals surface area contributed by atoms with Gasteiger partial charge in [-0.3, -0.25) is 4.98 Å². The third-order valence-corrected chi connectivity index (χ3v) is 4.25. The minimum Gasteiger partial charge on any atom is -0.464 e. The highest BCUT2D eigenvalue weighted by Crippen LogP contribution is 2.29. The molecular weight excluding hydrogens is 323 g/mol. The Morgan fingerprint density at radius 2 is 2.09 bits per heavy atom. The van der Waals surface area contributed by atoms with E-state index in [1.807, 2.05) is 6.07 Å². The molecule has 3 rings (SSSR count). The van der Waals surface area contributed by atoms with Crippen LogP contribution in [0.15, 0.2) is 36.5 Å². The molecule has 0 bridgehead atoms. The molecule has 112 valence electrons. The third kappa shape index (κ3) is 2.45. The zero-order chi connectivity index (χ0) is 15.9. The van der Waals surface area contributed by atoms with E-state index in [9.17, 15) is 9.90 Å². The van der Waals surface area contributed by atoms with Crippen LogP contribution in [0.3, 0.4) is 0 Å². The summed E-state index contributed by atoms with van der Waals surface area (Å²) < 4.78 is 1.25. The van der Waals surface area contributed by atoms with Crippen molar-refractivity contribution >= 4 is 40.3 Å². The van der Waals surface area contributed by atoms with E-state index in [2.05, 4.69) is 4.98 Å². The van der Waals surface area contributed by atoms with Crippen molar-refractivity contribution in [3.63, 3.8) is 0 Å². The molecule has 22 heavy (non-hydrogen) atoms. The number of hydrogen-bond donors (Lipinski definition) is 1. The molecule has 0 aliphatic rings. The Labute approximate surface area is 136 Å². The Hall–Kier alpha value is -2.04. The number of rotatable bonds is 2. The van der Waals surface area contributed by atoms with E-state index in [1.54, 1.807) is 37.4 Å². The second-order valence-electron chi connectivity index (χ2n) is 4.97. The van der Waals surface area contributed by atoms with Gasteiger partial charge in [0.1, 0.15) is 0 Å². The molecule has 0 spiro atoms. The average Bonchev–Trinajstić information content (AvgIpc) is 2.74. The summed E-state index contributed by atoms with van der Waals surface area (Å²) in [6.45, 7) is 1.77. The van der Waals surface area contributed by atoms with Crippen LogP contribution in [0.1, 0.15) is 16.8 Å². The molecule has 0 unspecified atom stereocenters. The third-order valence-electron chi connectivity index (χ3n) is 3.66. The fourth-order valence-corrected chi connectivity index (χ4v) is 3.09. The number of nitrogens with zero attached hydrogens (tertiary/aromatic N) is 2. The van der Waals surface area contributed by atoms with Crippen LogP contribution in [-0.2, 0) is 6.42 Å². The Morgan fingerprint density at radius 3 is 2.77 bits per heavy atom. The molecule has 0 amide bonds. The van der Waals surface area contributed by atoms with Crippen LogP contribution in [0.5, 0.6) is 0 Å². The monoisotopic (exact) mass is 334 g/mol. The Morgan fingerprint density at radius 1 is 1.32 bits per heavy atom. The molecule has 0 aliphatic heterocycles. The summed E-state index contributed by atoms with van der Waals surface area (Å²) in [6, 6.07) is 8.76. The fraction of sp³-hybridized carbons (Fsp3) is 0.125. The van der Waals surface area contributed by atoms with Crippen LogP contribution in [0.2, 0.25) is 10.0 Å². The first-order chi connectivity index (χ1) is 10.5. The molecule has 0 fully saturated rings. The van der Waals surface area contributed by atoms with E-state index in [1.165, 1.54) is 4.57 Å². The number of carboxylic acid groups (broad SMARTS) is 1. The van der Waals surface area contributed by atoms with Gasteiger partial charge in [0.15, 0.2) is 0 Å². The Bertz CT molecular complexity index is 887. The van der Waals surface area contributed by atoms with Crippen LogP contribution in [0.25, 0.3) is 11.0 Å². The molecule has 0 saturated carbocycles. The summed E-state index contributed by atoms with van der Waals surface area (Å²) in [5, 5.41) is 10.5. The molecule has 0 radical (unpaired) electrons. The van der Waals surface area contributed by atoms with Gasteiger partial charge in [0, 0.05) is 33.9 Å². The minimum absolute atomic E-state index is 0.496. The largest absolute Gasteiger partial charge is 0.464 e. The first-order valence-corrected chi connectivity index (χ1v) is 7.36. The van der Waals surface area contributed by atoms with E-state index in [-0.39, 0.29) is 0 Å². The smallest absolute Gasteiger partial charge is 0.416 e. The summed E-state index contributed by atoms with van der Waals surface area (Å²) in [6.07, 6.45) is 1.13. The number of halogens is 2. The number of fused-ring (bicyclic) bond motifs is 1. The number of carbonyl (C=O) groups is 1. The molecule has 4 nitrogen and oxygen atoms in total. The summed E-state index contributed by atoms with van der Waals surface area (Å²) in [4.78, 5) is 15.8. The second kappa shape index (κ2) is 5.63. The van der Waals surface area contributed by atoms with Crippen LogP contribution >= 0.6 is 23.2 Å². The van der Waals surface area contributed by atoms with Gasteiger partial charge in [0.05, 0.1) is 11.0 Å². The SMILES string of the molecule is Cc1c(Cc2ccc(Cl)cc2Cl)c2ncccc2n1C(=O)O. The van der Waals surface area contributed by atoms with E-state index in [0.717, 1.165) is 11.1 Å². The van der Waals surface area contributed by atoms with Gasteiger partial charge in [-0.05, 0) is 36.8 Å². The summed E-state index contributed by atoms with van der Waals surface area (Å²) in [5.74, 6) is 0. The highest BCUT2D eigenvalue weighted by atomic mass is 35.5. The van der Waals surface area contributed by atoms with Gasteiger partial charge in [0.2, 0.25) is 0 Å². The molecule has 2 aromatic heterocycles. The average molecular weight is 335 g/mol. The van der Waals surface area contributed by atoms with Gasteiger partial charge in [-0.15, -0.1) is 0 Å². The predicted molar refractivity (Wildman–Crippen MR) is 87.2 cm³/mol. The molecule has 1 aromatic carbocycles. The van der Waals surface area contributed by atoms with Crippen molar-refractivity contribution < 1.29 is 9.90 Å². The molecular formula is C16H12Cl2N2O2. The first-order valence-electron chi connectivity index (χ1n) is 6.61. The normalized spacial score (nSPS) is 11.0. The minimum atomic E-state index is -1.02. The quantitative estimate of drug-likeness (QED) is 0.734. The van der Waals surface area contributed by atoms with Gasteiger partial charge in [0.25, 0.3) is 0 Å². The number of aromatic nitrogens is 2. The lowest BCUT2D eigenvalue weighted by molar-refractivity contribution is 0.197. The zero-order valence-electron chi connectivity index (χ0n) is 11.7. The summed E-state index contributed by atoms with van der Waals surface area (Å²) >= 11 is 12.1. The van der Waals surface area contributed by atoms with Gasteiger partial charge in [-0.2, -0.15) is 0 Å². The lowest BCUT2D eigenvalue weighted by Crippen LogP contribution is -2.09. The van der Waals surface area contributed by atoms with Gasteiger partial charge >= 0.3 is 6.09 Å². The molecule has 0 aliphatic carbocycles. The Balaban J connectivity index is 2.19.